The molecule has 0 heterocycles. The summed E-state index contributed by atoms with van der Waals surface area (Å²) in [5, 5.41) is 19.1. The van der Waals surface area contributed by atoms with Gasteiger partial charge in [0.25, 0.3) is 0 Å². The highest BCUT2D eigenvalue weighted by molar-refractivity contribution is 5.38. The molecule has 0 aliphatic carbocycles. The number of phenols is 2. The Morgan fingerprint density at radius 2 is 0.788 bits per heavy atom. The minimum absolute atomic E-state index is 0.139. The van der Waals surface area contributed by atoms with Crippen LogP contribution in [0.4, 0.5) is 0 Å². The van der Waals surface area contributed by atoms with Crippen LogP contribution >= 0.6 is 0 Å². The van der Waals surface area contributed by atoms with E-state index >= 15 is 0 Å². The maximum atomic E-state index is 9.81. The number of hydrogen-bond acceptors (Lipinski definition) is 2. The molecule has 0 aromatic heterocycles. The largest absolute Gasteiger partial charge is 0.508 e. The van der Waals surface area contributed by atoms with E-state index < -0.39 is 0 Å². The van der Waals surface area contributed by atoms with Gasteiger partial charge in [0.05, 0.1) is 0 Å². The Kier molecular flexibility index (Phi) is 20.4. The molecule has 2 nitrogen and oxygen atoms in total. The minimum Gasteiger partial charge on any atom is -0.508 e. The lowest BCUT2D eigenvalue weighted by atomic mass is 10.0. The summed E-state index contributed by atoms with van der Waals surface area (Å²) in [6.45, 7) is 2.29. The molecule has 0 spiro atoms. The zero-order chi connectivity index (χ0) is 23.8. The molecule has 2 N–H and O–H groups in total. The van der Waals surface area contributed by atoms with Gasteiger partial charge >= 0.3 is 0 Å². The lowest BCUT2D eigenvalue weighted by Crippen LogP contribution is -1.87. The Morgan fingerprint density at radius 1 is 0.455 bits per heavy atom. The van der Waals surface area contributed by atoms with E-state index in [1.54, 1.807) is 6.07 Å². The molecule has 192 valence electrons. The van der Waals surface area contributed by atoms with Gasteiger partial charge in [0.15, 0.2) is 0 Å². The number of phenolic OH excluding ortho intramolecular Hbond substituents is 2. The van der Waals surface area contributed by atoms with E-state index in [-0.39, 0.29) is 11.5 Å². The molecule has 0 unspecified atom stereocenters. The Hall–Kier alpha value is -1.18. The SMILES string of the molecule is CCCCCCCCCCCCCCCCCCCCCCCCCc1ccc(O)cc1O. The molecule has 2 heteroatoms. The second-order valence-corrected chi connectivity index (χ2v) is 10.3. The van der Waals surface area contributed by atoms with Gasteiger partial charge in [0, 0.05) is 6.07 Å². The molecule has 0 radical (unpaired) electrons. The number of hydrogen-bond donors (Lipinski definition) is 2. The highest BCUT2D eigenvalue weighted by Gasteiger charge is 2.02. The van der Waals surface area contributed by atoms with E-state index in [2.05, 4.69) is 6.92 Å². The summed E-state index contributed by atoms with van der Waals surface area (Å²) in [7, 11) is 0. The maximum Gasteiger partial charge on any atom is 0.122 e. The molecule has 0 aliphatic rings. The topological polar surface area (TPSA) is 40.5 Å². The summed E-state index contributed by atoms with van der Waals surface area (Å²) in [5.41, 5.74) is 0.955. The lowest BCUT2D eigenvalue weighted by molar-refractivity contribution is 0.444. The van der Waals surface area contributed by atoms with E-state index in [0.29, 0.717) is 0 Å². The third kappa shape index (κ3) is 18.9. The Balaban J connectivity index is 1.71. The Morgan fingerprint density at radius 3 is 1.12 bits per heavy atom. The number of aromatic hydroxyl groups is 2. The quantitative estimate of drug-likeness (QED) is 0.151. The van der Waals surface area contributed by atoms with Gasteiger partial charge in [-0.15, -0.1) is 0 Å². The summed E-state index contributed by atoms with van der Waals surface area (Å²) < 4.78 is 0. The molecule has 0 atom stereocenters. The van der Waals surface area contributed by atoms with Crippen molar-refractivity contribution in [3.8, 4) is 11.5 Å². The van der Waals surface area contributed by atoms with Crippen LogP contribution in [0.3, 0.4) is 0 Å². The molecule has 0 amide bonds. The summed E-state index contributed by atoms with van der Waals surface area (Å²) >= 11 is 0. The van der Waals surface area contributed by atoms with Crippen molar-refractivity contribution in [1.29, 1.82) is 0 Å². The fourth-order valence-corrected chi connectivity index (χ4v) is 4.86. The van der Waals surface area contributed by atoms with Gasteiger partial charge in [-0.3, -0.25) is 0 Å². The van der Waals surface area contributed by atoms with Crippen LogP contribution in [0, 0.1) is 0 Å². The van der Waals surface area contributed by atoms with Crippen molar-refractivity contribution in [2.75, 3.05) is 0 Å². The van der Waals surface area contributed by atoms with Gasteiger partial charge in [-0.25, -0.2) is 0 Å². The standard InChI is InChI=1S/C31H56O2/c1-2-3-4-5-6-7-8-9-10-11-12-13-14-15-16-17-18-19-20-21-22-23-24-25-29-26-27-30(32)28-31(29)33/h26-28,32-33H,2-25H2,1H3. The molecule has 0 aliphatic heterocycles. The third-order valence-corrected chi connectivity index (χ3v) is 7.12. The molecule has 0 saturated heterocycles. The van der Waals surface area contributed by atoms with Crippen LogP contribution in [-0.4, -0.2) is 10.2 Å². The Bertz CT molecular complexity index is 540. The lowest BCUT2D eigenvalue weighted by Gasteiger charge is -2.06. The average molecular weight is 461 g/mol. The maximum absolute atomic E-state index is 9.81. The van der Waals surface area contributed by atoms with E-state index in [0.717, 1.165) is 18.4 Å². The summed E-state index contributed by atoms with van der Waals surface area (Å²) in [6, 6.07) is 4.94. The number of unbranched alkanes of at least 4 members (excludes halogenated alkanes) is 22. The van der Waals surface area contributed by atoms with Gasteiger partial charge in [0.1, 0.15) is 11.5 Å². The first-order chi connectivity index (χ1) is 16.2. The van der Waals surface area contributed by atoms with Gasteiger partial charge < -0.3 is 10.2 Å². The van der Waals surface area contributed by atoms with Gasteiger partial charge in [-0.2, -0.15) is 0 Å². The average Bonchev–Trinajstić information content (AvgIpc) is 2.80. The van der Waals surface area contributed by atoms with Crippen LogP contribution in [0.5, 0.6) is 11.5 Å². The van der Waals surface area contributed by atoms with Crippen LogP contribution in [0.2, 0.25) is 0 Å². The zero-order valence-electron chi connectivity index (χ0n) is 22.1. The molecule has 1 aromatic rings. The van der Waals surface area contributed by atoms with Gasteiger partial charge in [0.2, 0.25) is 0 Å². The number of aryl methyl sites for hydroxylation is 1. The molecule has 1 rings (SSSR count). The molecule has 0 saturated carbocycles. The van der Waals surface area contributed by atoms with Crippen LogP contribution in [0.1, 0.15) is 160 Å². The molecule has 1 aromatic carbocycles. The highest BCUT2D eigenvalue weighted by Crippen LogP contribution is 2.24. The zero-order valence-corrected chi connectivity index (χ0v) is 22.1. The number of rotatable bonds is 24. The summed E-state index contributed by atoms with van der Waals surface area (Å²) in [4.78, 5) is 0. The monoisotopic (exact) mass is 460 g/mol. The van der Waals surface area contributed by atoms with E-state index in [9.17, 15) is 10.2 Å². The van der Waals surface area contributed by atoms with Gasteiger partial charge in [-0.1, -0.05) is 154 Å². The minimum atomic E-state index is 0.139. The highest BCUT2D eigenvalue weighted by atomic mass is 16.3. The van der Waals surface area contributed by atoms with Gasteiger partial charge in [-0.05, 0) is 24.5 Å². The third-order valence-electron chi connectivity index (χ3n) is 7.12. The molecule has 0 bridgehead atoms. The van der Waals surface area contributed by atoms with E-state index in [1.165, 1.54) is 147 Å². The van der Waals surface area contributed by atoms with Crippen LogP contribution in [0.15, 0.2) is 18.2 Å². The predicted molar refractivity (Wildman–Crippen MR) is 145 cm³/mol. The first-order valence-electron chi connectivity index (χ1n) is 14.7. The van der Waals surface area contributed by atoms with E-state index in [4.69, 9.17) is 0 Å². The Labute approximate surface area is 206 Å². The van der Waals surface area contributed by atoms with Crippen LogP contribution in [-0.2, 0) is 6.42 Å². The summed E-state index contributed by atoms with van der Waals surface area (Å²) in [6.07, 6.45) is 33.3. The molecular weight excluding hydrogens is 404 g/mol. The van der Waals surface area contributed by atoms with Crippen LogP contribution in [0.25, 0.3) is 0 Å². The molecular formula is C31H56O2. The van der Waals surface area contributed by atoms with Crippen molar-refractivity contribution < 1.29 is 10.2 Å². The normalized spacial score (nSPS) is 11.3. The smallest absolute Gasteiger partial charge is 0.122 e. The van der Waals surface area contributed by atoms with Crippen molar-refractivity contribution >= 4 is 0 Å². The van der Waals surface area contributed by atoms with E-state index in [1.807, 2.05) is 6.07 Å². The van der Waals surface area contributed by atoms with Crippen molar-refractivity contribution in [3.63, 3.8) is 0 Å². The van der Waals surface area contributed by atoms with Crippen molar-refractivity contribution in [1.82, 2.24) is 0 Å². The summed E-state index contributed by atoms with van der Waals surface area (Å²) in [5.74, 6) is 0.370. The molecule has 33 heavy (non-hydrogen) atoms. The van der Waals surface area contributed by atoms with Crippen molar-refractivity contribution in [2.45, 2.75) is 161 Å². The fourth-order valence-electron chi connectivity index (χ4n) is 4.86. The second kappa shape index (κ2) is 22.6. The molecule has 0 fully saturated rings. The van der Waals surface area contributed by atoms with Crippen LogP contribution < -0.4 is 0 Å². The first kappa shape index (κ1) is 29.9. The van der Waals surface area contributed by atoms with Crippen molar-refractivity contribution in [3.05, 3.63) is 23.8 Å². The van der Waals surface area contributed by atoms with Crippen molar-refractivity contribution in [2.24, 2.45) is 0 Å². The second-order valence-electron chi connectivity index (χ2n) is 10.3. The fraction of sp³-hybridized carbons (Fsp3) is 0.806. The number of benzene rings is 1. The first-order valence-corrected chi connectivity index (χ1v) is 14.7. The predicted octanol–water partition coefficient (Wildman–Crippen LogP) is 10.6.